The molecule has 1 aliphatic rings. The lowest BCUT2D eigenvalue weighted by Crippen LogP contribution is -2.47. The highest BCUT2D eigenvalue weighted by Crippen LogP contribution is 2.21. The molecule has 5 nitrogen and oxygen atoms in total. The zero-order chi connectivity index (χ0) is 20.1. The molecule has 1 aromatic heterocycles. The first-order valence-electron chi connectivity index (χ1n) is 9.60. The van der Waals surface area contributed by atoms with E-state index in [2.05, 4.69) is 4.98 Å². The number of carbonyl (C=O) groups is 2. The molecule has 0 saturated carbocycles. The molecule has 3 rings (SSSR count). The number of nitrogens with zero attached hydrogens (tertiary/aromatic N) is 3. The summed E-state index contributed by atoms with van der Waals surface area (Å²) >= 11 is 1.62. The number of benzene rings is 1. The number of rotatable bonds is 7. The molecule has 2 aromatic rings. The molecule has 1 atom stereocenters. The number of thiazole rings is 1. The lowest BCUT2D eigenvalue weighted by Gasteiger charge is -2.34. The maximum atomic E-state index is 13.3. The first-order valence-corrected chi connectivity index (χ1v) is 10.5. The van der Waals surface area contributed by atoms with Crippen molar-refractivity contribution in [3.8, 4) is 0 Å². The van der Waals surface area contributed by atoms with Crippen LogP contribution in [0.2, 0.25) is 0 Å². The fourth-order valence-electron chi connectivity index (χ4n) is 3.55. The number of likely N-dealkylation sites (N-methyl/N-ethyl adjacent to an activating group) is 1. The zero-order valence-corrected chi connectivity index (χ0v) is 17.2. The number of aryl methyl sites for hydroxylation is 1. The number of hydrogen-bond acceptors (Lipinski definition) is 4. The van der Waals surface area contributed by atoms with Crippen molar-refractivity contribution < 1.29 is 14.0 Å². The van der Waals surface area contributed by atoms with Gasteiger partial charge in [-0.05, 0) is 37.5 Å². The summed E-state index contributed by atoms with van der Waals surface area (Å²) < 4.78 is 13.3. The number of likely N-dealkylation sites (tertiary alicyclic amines) is 1. The monoisotopic (exact) mass is 403 g/mol. The Morgan fingerprint density at radius 1 is 1.39 bits per heavy atom. The quantitative estimate of drug-likeness (QED) is 0.714. The average Bonchev–Trinajstić information content (AvgIpc) is 3.10. The highest BCUT2D eigenvalue weighted by Gasteiger charge is 2.31. The van der Waals surface area contributed by atoms with Crippen molar-refractivity contribution in [3.63, 3.8) is 0 Å². The molecule has 2 heterocycles. The molecule has 1 aliphatic heterocycles. The van der Waals surface area contributed by atoms with Gasteiger partial charge < -0.3 is 9.80 Å². The molecular formula is C21H26FN3O2S. The van der Waals surface area contributed by atoms with Gasteiger partial charge in [-0.3, -0.25) is 9.59 Å². The van der Waals surface area contributed by atoms with Crippen LogP contribution in [0.3, 0.4) is 0 Å². The molecule has 0 N–H and O–H groups in total. The molecule has 1 aromatic carbocycles. The summed E-state index contributed by atoms with van der Waals surface area (Å²) in [7, 11) is 1.83. The van der Waals surface area contributed by atoms with Crippen LogP contribution in [0.25, 0.3) is 0 Å². The molecule has 2 amide bonds. The van der Waals surface area contributed by atoms with Gasteiger partial charge >= 0.3 is 0 Å². The lowest BCUT2D eigenvalue weighted by atomic mass is 9.95. The Kier molecular flexibility index (Phi) is 6.78. The first-order chi connectivity index (χ1) is 13.4. The molecule has 0 bridgehead atoms. The molecule has 1 saturated heterocycles. The van der Waals surface area contributed by atoms with E-state index in [-0.39, 0.29) is 23.5 Å². The Morgan fingerprint density at radius 2 is 2.21 bits per heavy atom. The summed E-state index contributed by atoms with van der Waals surface area (Å²) in [6.45, 7) is 3.58. The minimum atomic E-state index is -0.270. The Morgan fingerprint density at radius 3 is 2.93 bits per heavy atom. The van der Waals surface area contributed by atoms with Crippen molar-refractivity contribution in [2.75, 3.05) is 26.7 Å². The molecule has 0 radical (unpaired) electrons. The predicted octanol–water partition coefficient (Wildman–Crippen LogP) is 3.07. The Balaban J connectivity index is 1.52. The molecular weight excluding hydrogens is 377 g/mol. The standard InChI is InChI=1S/C21H26FN3O2S/c1-15-19(28-14-23-15)9-10-24(2)21(27)17-6-7-20(26)25(13-17)11-8-16-4-3-5-18(22)12-16/h3-5,12,14,17H,6-11,13H2,1-2H3/t17-/m1/s1. The van der Waals surface area contributed by atoms with Crippen molar-refractivity contribution in [1.82, 2.24) is 14.8 Å². The molecule has 28 heavy (non-hydrogen) atoms. The predicted molar refractivity (Wildman–Crippen MR) is 108 cm³/mol. The van der Waals surface area contributed by atoms with Gasteiger partial charge in [0.1, 0.15) is 5.82 Å². The molecule has 0 unspecified atom stereocenters. The van der Waals surface area contributed by atoms with Crippen LogP contribution in [0.1, 0.15) is 29.0 Å². The Labute approximate surface area is 169 Å². The van der Waals surface area contributed by atoms with Crippen LogP contribution < -0.4 is 0 Å². The third-order valence-corrected chi connectivity index (χ3v) is 6.30. The minimum absolute atomic E-state index is 0.0726. The normalized spacial score (nSPS) is 17.0. The number of amides is 2. The first kappa shape index (κ1) is 20.5. The number of halogens is 1. The van der Waals surface area contributed by atoms with Gasteiger partial charge in [0.15, 0.2) is 0 Å². The minimum Gasteiger partial charge on any atom is -0.345 e. The zero-order valence-electron chi connectivity index (χ0n) is 16.4. The van der Waals surface area contributed by atoms with Gasteiger partial charge in [-0.1, -0.05) is 12.1 Å². The summed E-state index contributed by atoms with van der Waals surface area (Å²) in [6.07, 6.45) is 2.37. The fraction of sp³-hybridized carbons (Fsp3) is 0.476. The van der Waals surface area contributed by atoms with Crippen molar-refractivity contribution in [1.29, 1.82) is 0 Å². The van der Waals surface area contributed by atoms with Crippen molar-refractivity contribution >= 4 is 23.2 Å². The van der Waals surface area contributed by atoms with Crippen LogP contribution in [0.5, 0.6) is 0 Å². The number of piperidine rings is 1. The summed E-state index contributed by atoms with van der Waals surface area (Å²) in [5, 5.41) is 0. The van der Waals surface area contributed by atoms with Gasteiger partial charge in [-0.15, -0.1) is 11.3 Å². The van der Waals surface area contributed by atoms with Gasteiger partial charge in [0, 0.05) is 44.4 Å². The summed E-state index contributed by atoms with van der Waals surface area (Å²) in [5.41, 5.74) is 3.71. The van der Waals surface area contributed by atoms with E-state index in [4.69, 9.17) is 0 Å². The SMILES string of the molecule is Cc1ncsc1CCN(C)C(=O)[C@@H]1CCC(=O)N(CCc2cccc(F)c2)C1. The van der Waals surface area contributed by atoms with Crippen LogP contribution >= 0.6 is 11.3 Å². The molecule has 150 valence electrons. The fourth-order valence-corrected chi connectivity index (χ4v) is 4.32. The smallest absolute Gasteiger partial charge is 0.227 e. The van der Waals surface area contributed by atoms with Crippen LogP contribution in [0.4, 0.5) is 4.39 Å². The third-order valence-electron chi connectivity index (χ3n) is 5.30. The summed E-state index contributed by atoms with van der Waals surface area (Å²) in [5.74, 6) is -0.278. The molecule has 1 fully saturated rings. The lowest BCUT2D eigenvalue weighted by molar-refractivity contribution is -0.142. The van der Waals surface area contributed by atoms with E-state index in [1.165, 1.54) is 17.0 Å². The van der Waals surface area contributed by atoms with E-state index in [0.717, 1.165) is 17.7 Å². The van der Waals surface area contributed by atoms with Gasteiger partial charge in [-0.2, -0.15) is 0 Å². The largest absolute Gasteiger partial charge is 0.345 e. The van der Waals surface area contributed by atoms with Crippen LogP contribution in [-0.2, 0) is 22.4 Å². The molecule has 0 aliphatic carbocycles. The van der Waals surface area contributed by atoms with E-state index in [9.17, 15) is 14.0 Å². The highest BCUT2D eigenvalue weighted by molar-refractivity contribution is 7.09. The van der Waals surface area contributed by atoms with Gasteiger partial charge in [0.25, 0.3) is 0 Å². The second-order valence-corrected chi connectivity index (χ2v) is 8.27. The number of aromatic nitrogens is 1. The van der Waals surface area contributed by atoms with E-state index in [1.807, 2.05) is 25.5 Å². The Bertz CT molecular complexity index is 839. The maximum absolute atomic E-state index is 13.3. The molecule has 7 heteroatoms. The van der Waals surface area contributed by atoms with Crippen molar-refractivity contribution in [2.45, 2.75) is 32.6 Å². The average molecular weight is 404 g/mol. The summed E-state index contributed by atoms with van der Waals surface area (Å²) in [4.78, 5) is 34.1. The van der Waals surface area contributed by atoms with E-state index in [1.54, 1.807) is 27.2 Å². The third kappa shape index (κ3) is 5.16. The van der Waals surface area contributed by atoms with Crippen molar-refractivity contribution in [2.24, 2.45) is 5.92 Å². The summed E-state index contributed by atoms with van der Waals surface area (Å²) in [6, 6.07) is 6.43. The maximum Gasteiger partial charge on any atom is 0.227 e. The van der Waals surface area contributed by atoms with Crippen LogP contribution in [0, 0.1) is 18.7 Å². The van der Waals surface area contributed by atoms with E-state index < -0.39 is 0 Å². The van der Waals surface area contributed by atoms with Gasteiger partial charge in [-0.25, -0.2) is 9.37 Å². The topological polar surface area (TPSA) is 53.5 Å². The Hall–Kier alpha value is -2.28. The van der Waals surface area contributed by atoms with Gasteiger partial charge in [0.05, 0.1) is 17.1 Å². The van der Waals surface area contributed by atoms with E-state index >= 15 is 0 Å². The second kappa shape index (κ2) is 9.28. The number of carbonyl (C=O) groups excluding carboxylic acids is 2. The van der Waals surface area contributed by atoms with Crippen LogP contribution in [-0.4, -0.2) is 53.3 Å². The van der Waals surface area contributed by atoms with Gasteiger partial charge in [0.2, 0.25) is 11.8 Å². The number of hydrogen-bond donors (Lipinski definition) is 0. The second-order valence-electron chi connectivity index (χ2n) is 7.33. The van der Waals surface area contributed by atoms with E-state index in [0.29, 0.717) is 38.9 Å². The molecule has 0 spiro atoms. The van der Waals surface area contributed by atoms with Crippen LogP contribution in [0.15, 0.2) is 29.8 Å². The van der Waals surface area contributed by atoms with Crippen molar-refractivity contribution in [3.05, 3.63) is 51.7 Å². The highest BCUT2D eigenvalue weighted by atomic mass is 32.1.